The summed E-state index contributed by atoms with van der Waals surface area (Å²) in [4.78, 5) is 0. The standard InChI is InChI=1S/C13H26O5S/c1-17-8-9-18-7-6-13(14)11-4-3-5-12(10-11)19(2,15)16/h11-14H,3-10H2,1-2H3. The fourth-order valence-electron chi connectivity index (χ4n) is 2.60. The van der Waals surface area contributed by atoms with Gasteiger partial charge in [-0.15, -0.1) is 0 Å². The summed E-state index contributed by atoms with van der Waals surface area (Å²) in [5, 5.41) is 9.83. The van der Waals surface area contributed by atoms with E-state index in [0.717, 1.165) is 19.3 Å². The van der Waals surface area contributed by atoms with Gasteiger partial charge in [-0.2, -0.15) is 0 Å². The Balaban J connectivity index is 2.30. The molecule has 0 spiro atoms. The number of aliphatic hydroxyl groups excluding tert-OH is 1. The van der Waals surface area contributed by atoms with E-state index < -0.39 is 15.9 Å². The van der Waals surface area contributed by atoms with Crippen LogP contribution in [0, 0.1) is 5.92 Å². The summed E-state index contributed by atoms with van der Waals surface area (Å²) in [6.45, 7) is 1.57. The summed E-state index contributed by atoms with van der Waals surface area (Å²) in [6.07, 6.45) is 4.48. The molecule has 1 N–H and O–H groups in total. The third-order valence-electron chi connectivity index (χ3n) is 3.81. The van der Waals surface area contributed by atoms with Gasteiger partial charge in [0.2, 0.25) is 0 Å². The average Bonchev–Trinajstić information content (AvgIpc) is 2.37. The van der Waals surface area contributed by atoms with Crippen molar-refractivity contribution in [3.05, 3.63) is 0 Å². The molecule has 3 unspecified atom stereocenters. The maximum atomic E-state index is 11.6. The summed E-state index contributed by atoms with van der Waals surface area (Å²) >= 11 is 0. The summed E-state index contributed by atoms with van der Waals surface area (Å²) in [5.74, 6) is 0.0829. The molecule has 0 aromatic rings. The van der Waals surface area contributed by atoms with Crippen molar-refractivity contribution in [1.82, 2.24) is 0 Å². The fourth-order valence-corrected chi connectivity index (χ4v) is 3.80. The Bertz CT molecular complexity index is 341. The predicted molar refractivity (Wildman–Crippen MR) is 73.9 cm³/mol. The molecular weight excluding hydrogens is 268 g/mol. The second kappa shape index (κ2) is 8.19. The van der Waals surface area contributed by atoms with Gasteiger partial charge in [0.25, 0.3) is 0 Å². The number of aliphatic hydroxyl groups is 1. The zero-order valence-electron chi connectivity index (χ0n) is 11.9. The summed E-state index contributed by atoms with van der Waals surface area (Å²) < 4.78 is 33.3. The van der Waals surface area contributed by atoms with Crippen LogP contribution in [-0.4, -0.2) is 58.1 Å². The first-order chi connectivity index (χ1) is 8.95. The number of hydrogen-bond acceptors (Lipinski definition) is 5. The number of rotatable bonds is 8. The third kappa shape index (κ3) is 6.21. The molecule has 0 bridgehead atoms. The van der Waals surface area contributed by atoms with Gasteiger partial charge < -0.3 is 14.6 Å². The Morgan fingerprint density at radius 3 is 2.63 bits per heavy atom. The molecule has 0 aromatic carbocycles. The minimum Gasteiger partial charge on any atom is -0.393 e. The first-order valence-corrected chi connectivity index (χ1v) is 8.84. The van der Waals surface area contributed by atoms with Crippen LogP contribution < -0.4 is 0 Å². The largest absolute Gasteiger partial charge is 0.393 e. The third-order valence-corrected chi connectivity index (χ3v) is 5.45. The van der Waals surface area contributed by atoms with E-state index in [1.165, 1.54) is 6.26 Å². The molecule has 0 radical (unpaired) electrons. The maximum Gasteiger partial charge on any atom is 0.150 e. The van der Waals surface area contributed by atoms with E-state index >= 15 is 0 Å². The molecule has 0 aromatic heterocycles. The molecule has 1 fully saturated rings. The van der Waals surface area contributed by atoms with Crippen molar-refractivity contribution in [3.8, 4) is 0 Å². The quantitative estimate of drug-likeness (QED) is 0.676. The normalized spacial score (nSPS) is 26.3. The molecule has 6 heteroatoms. The Labute approximate surface area is 116 Å². The molecule has 1 aliphatic carbocycles. The summed E-state index contributed by atoms with van der Waals surface area (Å²) in [6, 6.07) is 0. The van der Waals surface area contributed by atoms with Crippen molar-refractivity contribution in [1.29, 1.82) is 0 Å². The van der Waals surface area contributed by atoms with Crippen LogP contribution in [0.1, 0.15) is 32.1 Å². The van der Waals surface area contributed by atoms with Gasteiger partial charge >= 0.3 is 0 Å². The van der Waals surface area contributed by atoms with Gasteiger partial charge in [-0.1, -0.05) is 6.42 Å². The highest BCUT2D eigenvalue weighted by molar-refractivity contribution is 7.91. The summed E-state index contributed by atoms with van der Waals surface area (Å²) in [5.41, 5.74) is 0. The molecule has 1 saturated carbocycles. The Morgan fingerprint density at radius 1 is 1.26 bits per heavy atom. The maximum absolute atomic E-state index is 11.6. The first-order valence-electron chi connectivity index (χ1n) is 6.88. The van der Waals surface area contributed by atoms with Crippen LogP contribution in [0.25, 0.3) is 0 Å². The van der Waals surface area contributed by atoms with Crippen molar-refractivity contribution < 1.29 is 23.0 Å². The van der Waals surface area contributed by atoms with Gasteiger partial charge in [0, 0.05) is 20.0 Å². The van der Waals surface area contributed by atoms with Gasteiger partial charge in [0.05, 0.1) is 24.6 Å². The first kappa shape index (κ1) is 16.9. The smallest absolute Gasteiger partial charge is 0.150 e. The van der Waals surface area contributed by atoms with Crippen molar-refractivity contribution >= 4 is 9.84 Å². The minimum atomic E-state index is -2.98. The zero-order chi connectivity index (χ0) is 14.3. The molecule has 0 saturated heterocycles. The highest BCUT2D eigenvalue weighted by Crippen LogP contribution is 2.31. The number of methoxy groups -OCH3 is 1. The molecule has 0 amide bonds. The Morgan fingerprint density at radius 2 is 2.00 bits per heavy atom. The minimum absolute atomic E-state index is 0.0829. The molecule has 3 atom stereocenters. The van der Waals surface area contributed by atoms with Crippen LogP contribution in [0.5, 0.6) is 0 Å². The van der Waals surface area contributed by atoms with Crippen LogP contribution in [0.3, 0.4) is 0 Å². The molecule has 19 heavy (non-hydrogen) atoms. The average molecular weight is 294 g/mol. The van der Waals surface area contributed by atoms with Crippen molar-refractivity contribution in [3.63, 3.8) is 0 Å². The van der Waals surface area contributed by atoms with Crippen LogP contribution in [0.15, 0.2) is 0 Å². The molecule has 1 aliphatic rings. The van der Waals surface area contributed by atoms with E-state index in [-0.39, 0.29) is 11.2 Å². The molecule has 0 heterocycles. The van der Waals surface area contributed by atoms with Gasteiger partial charge in [-0.3, -0.25) is 0 Å². The van der Waals surface area contributed by atoms with E-state index in [9.17, 15) is 13.5 Å². The van der Waals surface area contributed by atoms with E-state index in [1.54, 1.807) is 7.11 Å². The number of sulfone groups is 1. The number of ether oxygens (including phenoxy) is 2. The molecule has 1 rings (SSSR count). The molecule has 114 valence electrons. The van der Waals surface area contributed by atoms with Crippen molar-refractivity contribution in [2.45, 2.75) is 43.5 Å². The highest BCUT2D eigenvalue weighted by atomic mass is 32.2. The predicted octanol–water partition coefficient (Wildman–Crippen LogP) is 1.00. The van der Waals surface area contributed by atoms with Crippen molar-refractivity contribution in [2.24, 2.45) is 5.92 Å². The molecule has 5 nitrogen and oxygen atoms in total. The fraction of sp³-hybridized carbons (Fsp3) is 1.00. The Hall–Kier alpha value is -0.170. The lowest BCUT2D eigenvalue weighted by Gasteiger charge is -2.31. The molecule has 0 aliphatic heterocycles. The van der Waals surface area contributed by atoms with Crippen LogP contribution in [0.4, 0.5) is 0 Å². The van der Waals surface area contributed by atoms with Gasteiger partial charge in [0.15, 0.2) is 0 Å². The van der Waals surface area contributed by atoms with Crippen LogP contribution >= 0.6 is 0 Å². The van der Waals surface area contributed by atoms with Crippen LogP contribution in [-0.2, 0) is 19.3 Å². The Kier molecular flexibility index (Phi) is 7.28. The molecular formula is C13H26O5S. The van der Waals surface area contributed by atoms with Gasteiger partial charge in [0.1, 0.15) is 9.84 Å². The van der Waals surface area contributed by atoms with E-state index in [2.05, 4.69) is 0 Å². The second-order valence-electron chi connectivity index (χ2n) is 5.34. The van der Waals surface area contributed by atoms with Gasteiger partial charge in [-0.05, 0) is 31.6 Å². The second-order valence-corrected chi connectivity index (χ2v) is 7.67. The summed E-state index contributed by atoms with van der Waals surface area (Å²) in [7, 11) is -1.37. The van der Waals surface area contributed by atoms with Crippen LogP contribution in [0.2, 0.25) is 0 Å². The van der Waals surface area contributed by atoms with E-state index in [1.807, 2.05) is 0 Å². The SMILES string of the molecule is COCCOCCC(O)C1CCCC(S(C)(=O)=O)C1. The lowest BCUT2D eigenvalue weighted by Crippen LogP contribution is -2.33. The number of hydrogen-bond donors (Lipinski definition) is 1. The lowest BCUT2D eigenvalue weighted by molar-refractivity contribution is 0.0238. The van der Waals surface area contributed by atoms with Crippen molar-refractivity contribution in [2.75, 3.05) is 33.2 Å². The van der Waals surface area contributed by atoms with Gasteiger partial charge in [-0.25, -0.2) is 8.42 Å². The monoisotopic (exact) mass is 294 g/mol. The lowest BCUT2D eigenvalue weighted by atomic mass is 9.84. The van der Waals surface area contributed by atoms with E-state index in [4.69, 9.17) is 9.47 Å². The van der Waals surface area contributed by atoms with E-state index in [0.29, 0.717) is 32.7 Å². The topological polar surface area (TPSA) is 72.8 Å². The highest BCUT2D eigenvalue weighted by Gasteiger charge is 2.32. The zero-order valence-corrected chi connectivity index (χ0v) is 12.7.